The van der Waals surface area contributed by atoms with Crippen LogP contribution in [0.2, 0.25) is 0 Å². The van der Waals surface area contributed by atoms with E-state index in [0.717, 1.165) is 32.1 Å². The smallest absolute Gasteiger partial charge is 0.302 e. The second-order valence-electron chi connectivity index (χ2n) is 6.93. The van der Waals surface area contributed by atoms with E-state index in [1.54, 1.807) is 0 Å². The lowest BCUT2D eigenvalue weighted by Crippen LogP contribution is -2.50. The first kappa shape index (κ1) is 16.5. The van der Waals surface area contributed by atoms with Gasteiger partial charge in [-0.3, -0.25) is 4.79 Å². The van der Waals surface area contributed by atoms with Gasteiger partial charge in [-0.05, 0) is 44.4 Å². The lowest BCUT2D eigenvalue weighted by molar-refractivity contribution is -0.148. The summed E-state index contributed by atoms with van der Waals surface area (Å²) in [6.45, 7) is 4.20. The molecular weight excluding hydrogens is 268 g/mol. The van der Waals surface area contributed by atoms with Crippen LogP contribution in [0.15, 0.2) is 12.2 Å². The molecule has 0 aliphatic heterocycles. The molecule has 4 atom stereocenters. The topological polar surface area (TPSA) is 66.8 Å². The van der Waals surface area contributed by atoms with Gasteiger partial charge in [0, 0.05) is 24.9 Å². The number of carbonyl (C=O) groups is 1. The summed E-state index contributed by atoms with van der Waals surface area (Å²) in [5.41, 5.74) is -0.798. The summed E-state index contributed by atoms with van der Waals surface area (Å²) in [4.78, 5) is 11.0. The predicted molar refractivity (Wildman–Crippen MR) is 80.6 cm³/mol. The van der Waals surface area contributed by atoms with E-state index in [0.29, 0.717) is 18.9 Å². The molecule has 0 radical (unpaired) electrons. The number of ether oxygens (including phenoxy) is 1. The molecule has 2 rings (SSSR count). The maximum absolute atomic E-state index is 11.1. The first-order chi connectivity index (χ1) is 9.91. The van der Waals surface area contributed by atoms with E-state index in [9.17, 15) is 9.90 Å². The zero-order chi connectivity index (χ0) is 15.5. The molecule has 0 saturated heterocycles. The van der Waals surface area contributed by atoms with E-state index in [1.807, 2.05) is 6.08 Å². The van der Waals surface area contributed by atoms with Gasteiger partial charge in [0.25, 0.3) is 0 Å². The molecule has 120 valence electrons. The van der Waals surface area contributed by atoms with Gasteiger partial charge in [-0.15, -0.1) is 0 Å². The monoisotopic (exact) mass is 296 g/mol. The SMILES string of the molecule is CC(=O)OC[C@H]1CC[C@]2(O)C[C@@H](/C=C/CCO)CC[C@]12C. The number of hydrogen-bond donors (Lipinski definition) is 2. The Morgan fingerprint density at radius 3 is 2.81 bits per heavy atom. The third-order valence-electron chi connectivity index (χ3n) is 5.70. The van der Waals surface area contributed by atoms with Crippen molar-refractivity contribution in [3.63, 3.8) is 0 Å². The largest absolute Gasteiger partial charge is 0.466 e. The molecule has 21 heavy (non-hydrogen) atoms. The highest BCUT2D eigenvalue weighted by Crippen LogP contribution is 2.59. The fraction of sp³-hybridized carbons (Fsp3) is 0.824. The zero-order valence-electron chi connectivity index (χ0n) is 13.2. The minimum absolute atomic E-state index is 0.149. The molecule has 0 aromatic heterocycles. The van der Waals surface area contributed by atoms with Crippen LogP contribution in [-0.2, 0) is 9.53 Å². The van der Waals surface area contributed by atoms with Crippen molar-refractivity contribution in [2.75, 3.05) is 13.2 Å². The highest BCUT2D eigenvalue weighted by Gasteiger charge is 2.58. The second kappa shape index (κ2) is 6.49. The summed E-state index contributed by atoms with van der Waals surface area (Å²) in [6, 6.07) is 0. The quantitative estimate of drug-likeness (QED) is 0.604. The molecule has 0 aromatic rings. The maximum atomic E-state index is 11.1. The molecule has 2 aliphatic carbocycles. The van der Waals surface area contributed by atoms with Crippen LogP contribution in [-0.4, -0.2) is 35.0 Å². The first-order valence-electron chi connectivity index (χ1n) is 8.04. The molecule has 4 heteroatoms. The summed E-state index contributed by atoms with van der Waals surface area (Å²) in [6.07, 6.45) is 9.35. The van der Waals surface area contributed by atoms with Crippen LogP contribution in [0.25, 0.3) is 0 Å². The molecule has 0 aromatic carbocycles. The molecule has 0 unspecified atom stereocenters. The highest BCUT2D eigenvalue weighted by atomic mass is 16.5. The minimum Gasteiger partial charge on any atom is -0.466 e. The van der Waals surface area contributed by atoms with Crippen molar-refractivity contribution in [3.8, 4) is 0 Å². The normalized spacial score (nSPS) is 39.4. The van der Waals surface area contributed by atoms with Crippen LogP contribution >= 0.6 is 0 Å². The summed E-state index contributed by atoms with van der Waals surface area (Å²) in [5, 5.41) is 19.9. The second-order valence-corrected chi connectivity index (χ2v) is 6.93. The fourth-order valence-electron chi connectivity index (χ4n) is 4.20. The van der Waals surface area contributed by atoms with E-state index < -0.39 is 5.60 Å². The molecular formula is C17H28O4. The van der Waals surface area contributed by atoms with Crippen molar-refractivity contribution in [2.24, 2.45) is 17.3 Å². The summed E-state index contributed by atoms with van der Waals surface area (Å²) < 4.78 is 5.20. The molecule has 2 fully saturated rings. The Hall–Kier alpha value is -0.870. The van der Waals surface area contributed by atoms with Crippen molar-refractivity contribution in [1.29, 1.82) is 0 Å². The molecule has 2 aliphatic rings. The fourth-order valence-corrected chi connectivity index (χ4v) is 4.20. The number of carbonyl (C=O) groups excluding carboxylic acids is 1. The van der Waals surface area contributed by atoms with E-state index in [2.05, 4.69) is 13.0 Å². The van der Waals surface area contributed by atoms with Crippen molar-refractivity contribution < 1.29 is 19.7 Å². The highest BCUT2D eigenvalue weighted by molar-refractivity contribution is 5.65. The van der Waals surface area contributed by atoms with Gasteiger partial charge in [0.15, 0.2) is 0 Å². The Kier molecular flexibility index (Phi) is 5.10. The van der Waals surface area contributed by atoms with Crippen molar-refractivity contribution in [3.05, 3.63) is 12.2 Å². The molecule has 2 saturated carbocycles. The molecule has 0 heterocycles. The Bertz CT molecular complexity index is 406. The summed E-state index contributed by atoms with van der Waals surface area (Å²) in [7, 11) is 0. The molecule has 0 spiro atoms. The van der Waals surface area contributed by atoms with Gasteiger partial charge in [-0.2, -0.15) is 0 Å². The number of aliphatic hydroxyl groups excluding tert-OH is 1. The van der Waals surface area contributed by atoms with Gasteiger partial charge >= 0.3 is 5.97 Å². The first-order valence-corrected chi connectivity index (χ1v) is 8.04. The van der Waals surface area contributed by atoms with Gasteiger partial charge < -0.3 is 14.9 Å². The summed E-state index contributed by atoms with van der Waals surface area (Å²) in [5.74, 6) is 0.408. The lowest BCUT2D eigenvalue weighted by atomic mass is 9.60. The van der Waals surface area contributed by atoms with Gasteiger partial charge in [0.2, 0.25) is 0 Å². The zero-order valence-corrected chi connectivity index (χ0v) is 13.2. The van der Waals surface area contributed by atoms with Crippen LogP contribution in [0, 0.1) is 17.3 Å². The molecule has 2 N–H and O–H groups in total. The van der Waals surface area contributed by atoms with Crippen LogP contribution in [0.3, 0.4) is 0 Å². The van der Waals surface area contributed by atoms with Crippen LogP contribution in [0.1, 0.15) is 52.4 Å². The van der Waals surface area contributed by atoms with E-state index in [1.165, 1.54) is 6.92 Å². The van der Waals surface area contributed by atoms with E-state index >= 15 is 0 Å². The van der Waals surface area contributed by atoms with Crippen molar-refractivity contribution >= 4 is 5.97 Å². The third-order valence-corrected chi connectivity index (χ3v) is 5.70. The van der Waals surface area contributed by atoms with Crippen LogP contribution in [0.5, 0.6) is 0 Å². The van der Waals surface area contributed by atoms with Crippen LogP contribution < -0.4 is 0 Å². The van der Waals surface area contributed by atoms with Crippen LogP contribution in [0.4, 0.5) is 0 Å². The predicted octanol–water partition coefficient (Wildman–Crippen LogP) is 2.44. The number of allylic oxidation sites excluding steroid dienone is 1. The number of rotatable bonds is 5. The van der Waals surface area contributed by atoms with E-state index in [4.69, 9.17) is 9.84 Å². The average Bonchev–Trinajstić information content (AvgIpc) is 2.68. The Labute approximate surface area is 127 Å². The molecule has 4 nitrogen and oxygen atoms in total. The van der Waals surface area contributed by atoms with Crippen molar-refractivity contribution in [2.45, 2.75) is 58.0 Å². The number of aliphatic hydroxyl groups is 2. The number of hydrogen-bond acceptors (Lipinski definition) is 4. The van der Waals surface area contributed by atoms with E-state index in [-0.39, 0.29) is 23.9 Å². The Balaban J connectivity index is 2.01. The third kappa shape index (κ3) is 3.32. The van der Waals surface area contributed by atoms with Gasteiger partial charge in [0.1, 0.15) is 0 Å². The Morgan fingerprint density at radius 2 is 2.14 bits per heavy atom. The maximum Gasteiger partial charge on any atom is 0.302 e. The standard InChI is InChI=1S/C17H28O4/c1-13(19)21-12-15-7-9-17(20)11-14(5-3-4-10-18)6-8-16(15,17)2/h3,5,14-15,18,20H,4,6-12H2,1-2H3/b5-3+/t14-,15+,16+,17-/m0/s1. The average molecular weight is 296 g/mol. The van der Waals surface area contributed by atoms with Crippen molar-refractivity contribution in [1.82, 2.24) is 0 Å². The van der Waals surface area contributed by atoms with Gasteiger partial charge in [-0.25, -0.2) is 0 Å². The minimum atomic E-state index is -0.649. The molecule has 0 amide bonds. The molecule has 0 bridgehead atoms. The summed E-state index contributed by atoms with van der Waals surface area (Å²) >= 11 is 0. The number of esters is 1. The number of fused-ring (bicyclic) bond motifs is 1. The van der Waals surface area contributed by atoms with Gasteiger partial charge in [0.05, 0.1) is 12.2 Å². The van der Waals surface area contributed by atoms with Gasteiger partial charge in [-0.1, -0.05) is 19.1 Å². The Morgan fingerprint density at radius 1 is 1.38 bits per heavy atom. The lowest BCUT2D eigenvalue weighted by Gasteiger charge is -2.48.